The molecule has 0 heterocycles. The first kappa shape index (κ1) is 15.5. The van der Waals surface area contributed by atoms with Crippen LogP contribution in [-0.2, 0) is 11.2 Å². The molecule has 0 spiro atoms. The highest BCUT2D eigenvalue weighted by Crippen LogP contribution is 2.19. The number of rotatable bonds is 5. The van der Waals surface area contributed by atoms with Gasteiger partial charge in [-0.1, -0.05) is 43.8 Å². The summed E-state index contributed by atoms with van der Waals surface area (Å²) >= 11 is 0. The highest BCUT2D eigenvalue weighted by molar-refractivity contribution is 5.79. The van der Waals surface area contributed by atoms with Crippen LogP contribution in [0.5, 0.6) is 0 Å². The molecule has 1 amide bonds. The number of carbonyl (C=O) groups is 1. The van der Waals surface area contributed by atoms with Crippen LogP contribution in [0.3, 0.4) is 0 Å². The number of hydrogen-bond donors (Lipinski definition) is 0. The first-order valence-electron chi connectivity index (χ1n) is 6.71. The zero-order valence-corrected chi connectivity index (χ0v) is 12.4. The molecule has 2 nitrogen and oxygen atoms in total. The molecule has 1 aromatic carbocycles. The van der Waals surface area contributed by atoms with E-state index >= 15 is 0 Å². The van der Waals surface area contributed by atoms with Crippen molar-refractivity contribution in [2.24, 2.45) is 5.92 Å². The highest BCUT2D eigenvalue weighted by Gasteiger charge is 2.28. The fourth-order valence-corrected chi connectivity index (χ4v) is 2.08. The molecule has 1 rings (SSSR count). The lowest BCUT2D eigenvalue weighted by Crippen LogP contribution is -2.48. The van der Waals surface area contributed by atoms with Crippen molar-refractivity contribution in [3.05, 3.63) is 48.6 Å². The molecular weight excluding hydrogens is 234 g/mol. The van der Waals surface area contributed by atoms with Gasteiger partial charge in [0, 0.05) is 18.0 Å². The lowest BCUT2D eigenvalue weighted by atomic mass is 9.96. The van der Waals surface area contributed by atoms with Crippen LogP contribution in [0.25, 0.3) is 0 Å². The van der Waals surface area contributed by atoms with Crippen LogP contribution in [0.15, 0.2) is 36.9 Å². The summed E-state index contributed by atoms with van der Waals surface area (Å²) in [4.78, 5) is 14.4. The Labute approximate surface area is 117 Å². The lowest BCUT2D eigenvalue weighted by Gasteiger charge is -2.36. The van der Waals surface area contributed by atoms with Crippen LogP contribution in [0.2, 0.25) is 0 Å². The van der Waals surface area contributed by atoms with Gasteiger partial charge in [0.05, 0.1) is 0 Å². The second-order valence-corrected chi connectivity index (χ2v) is 5.94. The van der Waals surface area contributed by atoms with Crippen LogP contribution in [-0.4, -0.2) is 22.9 Å². The van der Waals surface area contributed by atoms with Crippen LogP contribution in [0, 0.1) is 12.0 Å². The van der Waals surface area contributed by atoms with Gasteiger partial charge < -0.3 is 4.90 Å². The van der Waals surface area contributed by atoms with E-state index in [-0.39, 0.29) is 17.4 Å². The van der Waals surface area contributed by atoms with Gasteiger partial charge in [0.1, 0.15) is 0 Å². The maximum Gasteiger partial charge on any atom is 0.226 e. The van der Waals surface area contributed by atoms with Gasteiger partial charge in [-0.2, -0.15) is 0 Å². The lowest BCUT2D eigenvalue weighted by molar-refractivity contribution is -0.139. The van der Waals surface area contributed by atoms with Crippen molar-refractivity contribution in [3.63, 3.8) is 0 Å². The molecule has 1 radical (unpaired) electrons. The minimum absolute atomic E-state index is 0.0324. The van der Waals surface area contributed by atoms with Gasteiger partial charge in [-0.15, -0.1) is 0 Å². The van der Waals surface area contributed by atoms with Crippen LogP contribution < -0.4 is 0 Å². The van der Waals surface area contributed by atoms with Gasteiger partial charge in [0.2, 0.25) is 5.91 Å². The molecule has 0 aromatic heterocycles. The molecule has 0 unspecified atom stereocenters. The molecule has 0 aliphatic heterocycles. The first-order valence-corrected chi connectivity index (χ1v) is 6.71. The monoisotopic (exact) mass is 258 g/mol. The van der Waals surface area contributed by atoms with E-state index in [0.29, 0.717) is 6.54 Å². The quantitative estimate of drug-likeness (QED) is 0.792. The fourth-order valence-electron chi connectivity index (χ4n) is 2.08. The highest BCUT2D eigenvalue weighted by atomic mass is 16.2. The van der Waals surface area contributed by atoms with Crippen LogP contribution in [0.1, 0.15) is 33.3 Å². The topological polar surface area (TPSA) is 20.3 Å². The Bertz CT molecular complexity index is 417. The van der Waals surface area contributed by atoms with Gasteiger partial charge in [-0.3, -0.25) is 4.79 Å². The Morgan fingerprint density at radius 3 is 2.37 bits per heavy atom. The minimum atomic E-state index is -0.202. The molecule has 19 heavy (non-hydrogen) atoms. The summed E-state index contributed by atoms with van der Waals surface area (Å²) in [6.45, 7) is 12.2. The summed E-state index contributed by atoms with van der Waals surface area (Å²) in [5.41, 5.74) is 0.993. The van der Waals surface area contributed by atoms with E-state index in [4.69, 9.17) is 0 Å². The average Bonchev–Trinajstić information content (AvgIpc) is 2.35. The van der Waals surface area contributed by atoms with E-state index in [0.717, 1.165) is 6.42 Å². The molecule has 1 atom stereocenters. The van der Waals surface area contributed by atoms with Crippen LogP contribution >= 0.6 is 0 Å². The van der Waals surface area contributed by atoms with E-state index in [9.17, 15) is 4.79 Å². The molecular formula is C17H24NO. The van der Waals surface area contributed by atoms with Crippen molar-refractivity contribution in [1.29, 1.82) is 0 Å². The van der Waals surface area contributed by atoms with Gasteiger partial charge in [-0.25, -0.2) is 0 Å². The van der Waals surface area contributed by atoms with E-state index in [1.54, 1.807) is 0 Å². The molecule has 1 aromatic rings. The molecule has 103 valence electrons. The third-order valence-electron chi connectivity index (χ3n) is 3.15. The Kier molecular flexibility index (Phi) is 5.34. The SMILES string of the molecule is C=[C]CN(C(=O)[C@@H](C)Cc1ccccc1)C(C)(C)C. The normalized spacial score (nSPS) is 12.8. The summed E-state index contributed by atoms with van der Waals surface area (Å²) in [6, 6.07) is 10.1. The molecule has 0 bridgehead atoms. The van der Waals surface area contributed by atoms with E-state index in [2.05, 4.69) is 24.8 Å². The number of carbonyl (C=O) groups excluding carboxylic acids is 1. The zero-order chi connectivity index (χ0) is 14.5. The maximum atomic E-state index is 12.5. The molecule has 0 aliphatic carbocycles. The molecule has 2 heteroatoms. The third kappa shape index (κ3) is 4.55. The second kappa shape index (κ2) is 6.55. The Morgan fingerprint density at radius 2 is 1.89 bits per heavy atom. The van der Waals surface area contributed by atoms with Crippen molar-refractivity contribution < 1.29 is 4.79 Å². The van der Waals surface area contributed by atoms with Gasteiger partial charge in [0.25, 0.3) is 0 Å². The molecule has 0 saturated carbocycles. The summed E-state index contributed by atoms with van der Waals surface area (Å²) in [6.07, 6.45) is 3.60. The summed E-state index contributed by atoms with van der Waals surface area (Å²) < 4.78 is 0. The Hall–Kier alpha value is -1.57. The van der Waals surface area contributed by atoms with E-state index in [1.165, 1.54) is 5.56 Å². The largest absolute Gasteiger partial charge is 0.333 e. The third-order valence-corrected chi connectivity index (χ3v) is 3.15. The van der Waals surface area contributed by atoms with Gasteiger partial charge >= 0.3 is 0 Å². The van der Waals surface area contributed by atoms with Crippen molar-refractivity contribution in [2.45, 2.75) is 39.7 Å². The number of amides is 1. The standard InChI is InChI=1S/C17H24NO/c1-6-12-18(17(3,4)5)16(19)14(2)13-15-10-8-7-9-11-15/h7-11,14H,1,12-13H2,2-5H3/t14-/m0/s1. The van der Waals surface area contributed by atoms with Crippen molar-refractivity contribution in [3.8, 4) is 0 Å². The van der Waals surface area contributed by atoms with Crippen molar-refractivity contribution >= 4 is 5.91 Å². The van der Waals surface area contributed by atoms with E-state index in [1.807, 2.05) is 50.8 Å². The maximum absolute atomic E-state index is 12.5. The fraction of sp³-hybridized carbons (Fsp3) is 0.471. The molecule has 0 N–H and O–H groups in total. The Morgan fingerprint density at radius 1 is 1.32 bits per heavy atom. The van der Waals surface area contributed by atoms with Gasteiger partial charge in [0.15, 0.2) is 0 Å². The number of benzene rings is 1. The first-order chi connectivity index (χ1) is 8.86. The number of nitrogens with zero attached hydrogens (tertiary/aromatic N) is 1. The molecule has 0 saturated heterocycles. The zero-order valence-electron chi connectivity index (χ0n) is 12.4. The summed E-state index contributed by atoms with van der Waals surface area (Å²) in [7, 11) is 0. The summed E-state index contributed by atoms with van der Waals surface area (Å²) in [5.74, 6) is 0.127. The van der Waals surface area contributed by atoms with E-state index < -0.39 is 0 Å². The predicted octanol–water partition coefficient (Wildman–Crippen LogP) is 3.48. The molecule has 0 aliphatic rings. The molecule has 0 fully saturated rings. The van der Waals surface area contributed by atoms with Crippen LogP contribution in [0.4, 0.5) is 0 Å². The summed E-state index contributed by atoms with van der Waals surface area (Å²) in [5, 5.41) is 0. The second-order valence-electron chi connectivity index (χ2n) is 5.94. The average molecular weight is 258 g/mol. The predicted molar refractivity (Wildman–Crippen MR) is 79.6 cm³/mol. The van der Waals surface area contributed by atoms with Crippen molar-refractivity contribution in [2.75, 3.05) is 6.54 Å². The number of hydrogen-bond acceptors (Lipinski definition) is 1. The smallest absolute Gasteiger partial charge is 0.226 e. The Balaban J connectivity index is 2.77. The van der Waals surface area contributed by atoms with Gasteiger partial charge in [-0.05, 0) is 38.8 Å². The van der Waals surface area contributed by atoms with Crippen molar-refractivity contribution in [1.82, 2.24) is 4.90 Å². The minimum Gasteiger partial charge on any atom is -0.333 e.